The Bertz CT molecular complexity index is 1080. The summed E-state index contributed by atoms with van der Waals surface area (Å²) in [6.07, 6.45) is 0.885. The molecule has 2 atom stereocenters. The Balaban J connectivity index is 2.56. The van der Waals surface area contributed by atoms with Gasteiger partial charge in [0.2, 0.25) is 6.29 Å². The van der Waals surface area contributed by atoms with Gasteiger partial charge >= 0.3 is 6.16 Å². The van der Waals surface area contributed by atoms with Crippen molar-refractivity contribution in [3.05, 3.63) is 51.8 Å². The summed E-state index contributed by atoms with van der Waals surface area (Å²) in [6, 6.07) is 8.24. The van der Waals surface area contributed by atoms with E-state index in [4.69, 9.17) is 25.8 Å². The number of benzene rings is 1. The number of ether oxygens (including phenoxy) is 3. The molecule has 7 nitrogen and oxygen atoms in total. The van der Waals surface area contributed by atoms with Crippen LogP contribution < -0.4 is 0 Å². The van der Waals surface area contributed by atoms with E-state index >= 15 is 0 Å². The molecular formula is C28H40ClN3O4. The molecule has 0 bridgehead atoms. The van der Waals surface area contributed by atoms with Crippen LogP contribution in [0.3, 0.4) is 0 Å². The quantitative estimate of drug-likeness (QED) is 0.143. The van der Waals surface area contributed by atoms with Gasteiger partial charge in [-0.2, -0.15) is 5.10 Å². The van der Waals surface area contributed by atoms with Gasteiger partial charge in [0.05, 0.1) is 17.3 Å². The summed E-state index contributed by atoms with van der Waals surface area (Å²) >= 11 is 6.72. The van der Waals surface area contributed by atoms with Crippen molar-refractivity contribution in [3.63, 3.8) is 0 Å². The van der Waals surface area contributed by atoms with E-state index in [1.165, 1.54) is 5.56 Å². The lowest BCUT2D eigenvalue weighted by Gasteiger charge is -2.22. The van der Waals surface area contributed by atoms with Crippen molar-refractivity contribution in [1.82, 2.24) is 9.78 Å². The van der Waals surface area contributed by atoms with Gasteiger partial charge in [-0.05, 0) is 36.3 Å². The second-order valence-electron chi connectivity index (χ2n) is 9.90. The minimum Gasteiger partial charge on any atom is -0.452 e. The van der Waals surface area contributed by atoms with E-state index < -0.39 is 12.4 Å². The van der Waals surface area contributed by atoms with Crippen LogP contribution in [0.5, 0.6) is 0 Å². The van der Waals surface area contributed by atoms with Crippen LogP contribution in [0.2, 0.25) is 5.02 Å². The molecule has 2 rings (SSSR count). The molecule has 0 amide bonds. The molecule has 2 unspecified atom stereocenters. The van der Waals surface area contributed by atoms with E-state index in [-0.39, 0.29) is 17.9 Å². The van der Waals surface area contributed by atoms with Crippen LogP contribution in [-0.4, -0.2) is 42.1 Å². The Labute approximate surface area is 220 Å². The average molecular weight is 518 g/mol. The number of allylic oxidation sites excluding steroid dienone is 1. The number of halogens is 1. The highest BCUT2D eigenvalue weighted by molar-refractivity contribution is 6.33. The van der Waals surface area contributed by atoms with Crippen LogP contribution in [0, 0.1) is 12.8 Å². The lowest BCUT2D eigenvalue weighted by molar-refractivity contribution is -0.0694. The molecule has 1 aromatic carbocycles. The zero-order chi connectivity index (χ0) is 27.0. The van der Waals surface area contributed by atoms with Gasteiger partial charge in [0.25, 0.3) is 0 Å². The summed E-state index contributed by atoms with van der Waals surface area (Å²) in [7, 11) is 1.69. The highest BCUT2D eigenvalue weighted by Crippen LogP contribution is 2.35. The summed E-state index contributed by atoms with van der Waals surface area (Å²) in [5.41, 5.74) is 4.06. The molecule has 0 spiro atoms. The van der Waals surface area contributed by atoms with Crippen LogP contribution in [0.1, 0.15) is 77.4 Å². The molecule has 8 heteroatoms. The van der Waals surface area contributed by atoms with Crippen molar-refractivity contribution >= 4 is 35.3 Å². The fourth-order valence-electron chi connectivity index (χ4n) is 3.48. The van der Waals surface area contributed by atoms with Gasteiger partial charge in [0.15, 0.2) is 5.76 Å². The summed E-state index contributed by atoms with van der Waals surface area (Å²) in [5, 5.41) is 5.02. The van der Waals surface area contributed by atoms with Crippen LogP contribution >= 0.6 is 11.6 Å². The molecule has 0 fully saturated rings. The number of aryl methyl sites for hydroxylation is 2. The maximum absolute atomic E-state index is 12.3. The Hall–Kier alpha value is -2.80. The molecular weight excluding hydrogens is 478 g/mol. The van der Waals surface area contributed by atoms with Gasteiger partial charge in [-0.1, -0.05) is 76.9 Å². The monoisotopic (exact) mass is 517 g/mol. The van der Waals surface area contributed by atoms with Gasteiger partial charge in [-0.15, -0.1) is 0 Å². The molecule has 0 saturated carbocycles. The second-order valence-corrected chi connectivity index (χ2v) is 10.3. The molecule has 198 valence electrons. The third-order valence-electron chi connectivity index (χ3n) is 5.86. The summed E-state index contributed by atoms with van der Waals surface area (Å²) < 4.78 is 18.7. The van der Waals surface area contributed by atoms with Crippen molar-refractivity contribution in [2.24, 2.45) is 10.9 Å². The van der Waals surface area contributed by atoms with Crippen molar-refractivity contribution < 1.29 is 19.0 Å². The third-order valence-corrected chi connectivity index (χ3v) is 6.31. The third kappa shape index (κ3) is 7.60. The molecule has 1 aromatic heterocycles. The molecule has 1 heterocycles. The number of carbonyl (C=O) groups excluding carboxylic acids is 1. The Morgan fingerprint density at radius 3 is 2.33 bits per heavy atom. The van der Waals surface area contributed by atoms with Gasteiger partial charge in [-0.3, -0.25) is 9.67 Å². The minimum absolute atomic E-state index is 0.0137. The van der Waals surface area contributed by atoms with E-state index in [1.807, 2.05) is 39.8 Å². The van der Waals surface area contributed by atoms with Crippen molar-refractivity contribution in [3.8, 4) is 0 Å². The molecule has 0 aliphatic rings. The van der Waals surface area contributed by atoms with Crippen molar-refractivity contribution in [2.75, 3.05) is 13.7 Å². The number of hydrogen-bond donors (Lipinski definition) is 0. The van der Waals surface area contributed by atoms with Crippen molar-refractivity contribution in [1.29, 1.82) is 0 Å². The molecule has 0 aliphatic carbocycles. The summed E-state index contributed by atoms with van der Waals surface area (Å²) in [6.45, 7) is 16.9. The maximum Gasteiger partial charge on any atom is 0.511 e. The minimum atomic E-state index is -0.949. The molecule has 0 saturated heterocycles. The topological polar surface area (TPSA) is 74.9 Å². The molecule has 0 N–H and O–H groups in total. The zero-order valence-electron chi connectivity index (χ0n) is 23.0. The second kappa shape index (κ2) is 12.9. The molecule has 36 heavy (non-hydrogen) atoms. The molecule has 2 aromatic rings. The largest absolute Gasteiger partial charge is 0.511 e. The first kappa shape index (κ1) is 29.4. The number of nitrogens with zero attached hydrogens (tertiary/aromatic N) is 3. The lowest BCUT2D eigenvalue weighted by atomic mass is 9.86. The zero-order valence-corrected chi connectivity index (χ0v) is 23.8. The fraction of sp³-hybridized carbons (Fsp3) is 0.536. The number of carbonyl (C=O) groups is 1. The van der Waals surface area contributed by atoms with Crippen LogP contribution in [0.15, 0.2) is 29.3 Å². The first-order valence-electron chi connectivity index (χ1n) is 12.4. The van der Waals surface area contributed by atoms with E-state index in [0.29, 0.717) is 34.3 Å². The molecule has 0 radical (unpaired) electrons. The predicted molar refractivity (Wildman–Crippen MR) is 146 cm³/mol. The number of hydrogen-bond acceptors (Lipinski definition) is 6. The van der Waals surface area contributed by atoms with Gasteiger partial charge in [0, 0.05) is 32.3 Å². The number of aliphatic imine (C=N–C) groups is 1. The van der Waals surface area contributed by atoms with E-state index in [1.54, 1.807) is 24.9 Å². The van der Waals surface area contributed by atoms with E-state index in [2.05, 4.69) is 43.0 Å². The standard InChI is InChI=1S/C28H40ClN3O4/c1-10-18(3)17-34-27(33)36-20(5)35-26(25-24(29)19(4)31-32(25)11-2)23(16-30-9)21-12-14-22(15-13-21)28(6,7)8/h12-16,18,20H,10-11,17H2,1-9H3/b26-23-,30-16-. The Morgan fingerprint density at radius 1 is 1.17 bits per heavy atom. The van der Waals surface area contributed by atoms with Gasteiger partial charge in [-0.25, -0.2) is 4.79 Å². The van der Waals surface area contributed by atoms with Crippen LogP contribution in [-0.2, 0) is 26.2 Å². The average Bonchev–Trinajstić information content (AvgIpc) is 3.12. The maximum atomic E-state index is 12.3. The first-order chi connectivity index (χ1) is 16.9. The SMILES string of the molecule is CCC(C)COC(=O)OC(C)O/C(=C(/C=N\C)c1ccc(C(C)(C)C)cc1)c1c(Cl)c(C)nn1CC. The molecule has 0 aliphatic heterocycles. The highest BCUT2D eigenvalue weighted by atomic mass is 35.5. The van der Waals surface area contributed by atoms with E-state index in [0.717, 1.165) is 12.0 Å². The predicted octanol–water partition coefficient (Wildman–Crippen LogP) is 7.29. The van der Waals surface area contributed by atoms with Gasteiger partial charge in [0.1, 0.15) is 5.69 Å². The first-order valence-corrected chi connectivity index (χ1v) is 12.8. The van der Waals surface area contributed by atoms with Crippen LogP contribution in [0.25, 0.3) is 11.3 Å². The Kier molecular flexibility index (Phi) is 10.6. The Morgan fingerprint density at radius 2 is 1.81 bits per heavy atom. The van der Waals surface area contributed by atoms with Crippen LogP contribution in [0.4, 0.5) is 4.79 Å². The highest BCUT2D eigenvalue weighted by Gasteiger charge is 2.26. The summed E-state index contributed by atoms with van der Waals surface area (Å²) in [4.78, 5) is 16.6. The fourth-order valence-corrected chi connectivity index (χ4v) is 3.70. The smallest absolute Gasteiger partial charge is 0.452 e. The number of rotatable bonds is 10. The summed E-state index contributed by atoms with van der Waals surface area (Å²) in [5.74, 6) is 0.659. The lowest BCUT2D eigenvalue weighted by Crippen LogP contribution is -2.21. The van der Waals surface area contributed by atoms with Gasteiger partial charge < -0.3 is 14.2 Å². The normalized spacial score (nSPS) is 14.4. The van der Waals surface area contributed by atoms with Crippen molar-refractivity contribution in [2.45, 2.75) is 80.1 Å². The van der Waals surface area contributed by atoms with E-state index in [9.17, 15) is 4.79 Å². The number of aromatic nitrogens is 2.